The lowest BCUT2D eigenvalue weighted by molar-refractivity contribution is -0.116. The Labute approximate surface area is 156 Å². The van der Waals surface area contributed by atoms with Gasteiger partial charge in [0.25, 0.3) is 5.91 Å². The molecule has 1 aromatic rings. The first-order chi connectivity index (χ1) is 13.1. The maximum atomic E-state index is 12.8. The van der Waals surface area contributed by atoms with Crippen LogP contribution < -0.4 is 10.2 Å². The highest BCUT2D eigenvalue weighted by atomic mass is 16.2. The van der Waals surface area contributed by atoms with Gasteiger partial charge in [0.1, 0.15) is 6.54 Å². The van der Waals surface area contributed by atoms with Gasteiger partial charge in [0.15, 0.2) is 0 Å². The molecular weight excluding hydrogens is 350 g/mol. The number of amides is 7. The van der Waals surface area contributed by atoms with Crippen molar-refractivity contribution in [3.63, 3.8) is 0 Å². The van der Waals surface area contributed by atoms with Crippen molar-refractivity contribution < 1.29 is 19.2 Å². The van der Waals surface area contributed by atoms with Crippen molar-refractivity contribution in [2.75, 3.05) is 37.6 Å². The van der Waals surface area contributed by atoms with Crippen LogP contribution in [0, 0.1) is 0 Å². The van der Waals surface area contributed by atoms with Gasteiger partial charge in [0.2, 0.25) is 0 Å². The molecule has 0 unspecified atom stereocenters. The molecule has 3 aliphatic heterocycles. The maximum Gasteiger partial charge on any atom is 0.332 e. The van der Waals surface area contributed by atoms with E-state index in [0.717, 1.165) is 0 Å². The summed E-state index contributed by atoms with van der Waals surface area (Å²) in [5, 5.41) is 2.62. The first-order valence-corrected chi connectivity index (χ1v) is 9.09. The smallest absolute Gasteiger partial charge is 0.332 e. The third-order valence-electron chi connectivity index (χ3n) is 5.27. The number of hydrogen-bond donors (Lipinski definition) is 1. The molecule has 0 aromatic heterocycles. The van der Waals surface area contributed by atoms with Crippen molar-refractivity contribution in [3.05, 3.63) is 30.3 Å². The molecule has 0 spiro atoms. The monoisotopic (exact) mass is 371 g/mol. The summed E-state index contributed by atoms with van der Waals surface area (Å²) in [5.74, 6) is -0.238. The minimum Gasteiger partial charge on any atom is -0.336 e. The van der Waals surface area contributed by atoms with Crippen molar-refractivity contribution in [1.29, 1.82) is 0 Å². The van der Waals surface area contributed by atoms with E-state index in [9.17, 15) is 19.2 Å². The Morgan fingerprint density at radius 1 is 1.00 bits per heavy atom. The Morgan fingerprint density at radius 3 is 2.33 bits per heavy atom. The number of urea groups is 3. The molecule has 1 N–H and O–H groups in total. The van der Waals surface area contributed by atoms with Gasteiger partial charge in [-0.05, 0) is 25.0 Å². The zero-order valence-corrected chi connectivity index (χ0v) is 14.8. The number of anilines is 1. The topological polar surface area (TPSA) is 93.3 Å². The van der Waals surface area contributed by atoms with Gasteiger partial charge in [-0.3, -0.25) is 4.79 Å². The number of benzene rings is 1. The van der Waals surface area contributed by atoms with Crippen molar-refractivity contribution in [2.24, 2.45) is 0 Å². The number of piperidine rings is 1. The van der Waals surface area contributed by atoms with Gasteiger partial charge in [0.05, 0.1) is 5.69 Å². The molecule has 0 saturated carbocycles. The van der Waals surface area contributed by atoms with Crippen LogP contribution in [0.5, 0.6) is 0 Å². The van der Waals surface area contributed by atoms with Gasteiger partial charge in [-0.15, -0.1) is 0 Å². The van der Waals surface area contributed by atoms with E-state index in [-0.39, 0.29) is 36.6 Å². The largest absolute Gasteiger partial charge is 0.336 e. The van der Waals surface area contributed by atoms with Crippen LogP contribution in [0.25, 0.3) is 0 Å². The lowest BCUT2D eigenvalue weighted by Gasteiger charge is -2.37. The van der Waals surface area contributed by atoms with Crippen LogP contribution in [0.15, 0.2) is 30.3 Å². The summed E-state index contributed by atoms with van der Waals surface area (Å²) in [7, 11) is 0. The zero-order valence-electron chi connectivity index (χ0n) is 14.8. The fraction of sp³-hybridized carbons (Fsp3) is 0.444. The summed E-state index contributed by atoms with van der Waals surface area (Å²) in [6.45, 7) is 1.82. The second-order valence-electron chi connectivity index (χ2n) is 6.86. The van der Waals surface area contributed by atoms with E-state index in [0.29, 0.717) is 44.7 Å². The second-order valence-corrected chi connectivity index (χ2v) is 6.86. The van der Waals surface area contributed by atoms with Gasteiger partial charge in [0, 0.05) is 32.2 Å². The fourth-order valence-corrected chi connectivity index (χ4v) is 3.83. The van der Waals surface area contributed by atoms with E-state index < -0.39 is 0 Å². The number of nitrogens with zero attached hydrogens (tertiary/aromatic N) is 4. The maximum absolute atomic E-state index is 12.8. The van der Waals surface area contributed by atoms with Crippen molar-refractivity contribution >= 4 is 29.7 Å². The summed E-state index contributed by atoms with van der Waals surface area (Å²) in [4.78, 5) is 54.9. The summed E-state index contributed by atoms with van der Waals surface area (Å²) >= 11 is 0. The van der Waals surface area contributed by atoms with Crippen LogP contribution in [0.3, 0.4) is 0 Å². The number of carbonyl (C=O) groups is 4. The number of imide groups is 2. The Morgan fingerprint density at radius 2 is 1.70 bits per heavy atom. The van der Waals surface area contributed by atoms with Gasteiger partial charge in [-0.1, -0.05) is 18.2 Å². The van der Waals surface area contributed by atoms with E-state index in [1.54, 1.807) is 34.1 Å². The Hall–Kier alpha value is -3.10. The zero-order chi connectivity index (χ0) is 19.0. The second kappa shape index (κ2) is 6.90. The Balaban J connectivity index is 1.39. The number of rotatable bonds is 2. The first-order valence-electron chi connectivity index (χ1n) is 9.09. The number of para-hydroxylation sites is 1. The number of nitrogens with one attached hydrogen (secondary N) is 1. The van der Waals surface area contributed by atoms with Crippen molar-refractivity contribution in [3.8, 4) is 0 Å². The summed E-state index contributed by atoms with van der Waals surface area (Å²) in [5.41, 5.74) is 0.572. The molecule has 0 atom stereocenters. The minimum atomic E-state index is -0.360. The third-order valence-corrected chi connectivity index (χ3v) is 5.27. The lowest BCUT2D eigenvalue weighted by Crippen LogP contribution is -2.52. The van der Waals surface area contributed by atoms with Gasteiger partial charge in [-0.25, -0.2) is 24.2 Å². The molecule has 9 nitrogen and oxygen atoms in total. The molecular formula is C18H21N5O4. The van der Waals surface area contributed by atoms with Crippen molar-refractivity contribution in [1.82, 2.24) is 20.0 Å². The molecule has 3 heterocycles. The summed E-state index contributed by atoms with van der Waals surface area (Å²) in [6.07, 6.45) is 1.17. The highest BCUT2D eigenvalue weighted by molar-refractivity contribution is 6.19. The molecule has 3 fully saturated rings. The van der Waals surface area contributed by atoms with E-state index >= 15 is 0 Å². The van der Waals surface area contributed by atoms with E-state index in [4.69, 9.17) is 0 Å². The Bertz CT molecular complexity index is 775. The lowest BCUT2D eigenvalue weighted by atomic mass is 10.0. The molecule has 3 saturated heterocycles. The highest BCUT2D eigenvalue weighted by Gasteiger charge is 2.42. The van der Waals surface area contributed by atoms with Crippen LogP contribution in [0.1, 0.15) is 12.8 Å². The fourth-order valence-electron chi connectivity index (χ4n) is 3.83. The molecule has 0 aliphatic carbocycles. The van der Waals surface area contributed by atoms with E-state index in [1.807, 2.05) is 6.07 Å². The quantitative estimate of drug-likeness (QED) is 0.787. The highest BCUT2D eigenvalue weighted by Crippen LogP contribution is 2.26. The Kier molecular flexibility index (Phi) is 4.43. The average molecular weight is 371 g/mol. The average Bonchev–Trinajstić information content (AvgIpc) is 3.24. The van der Waals surface area contributed by atoms with Gasteiger partial charge in [-0.2, -0.15) is 0 Å². The molecule has 27 heavy (non-hydrogen) atoms. The van der Waals surface area contributed by atoms with Crippen LogP contribution in [-0.4, -0.2) is 77.5 Å². The minimum absolute atomic E-state index is 0.0564. The van der Waals surface area contributed by atoms with Gasteiger partial charge < -0.3 is 15.1 Å². The molecule has 1 aromatic carbocycles. The van der Waals surface area contributed by atoms with Crippen LogP contribution in [0.4, 0.5) is 20.1 Å². The number of hydrogen-bond acceptors (Lipinski definition) is 4. The number of likely N-dealkylation sites (tertiary alicyclic amines) is 1. The van der Waals surface area contributed by atoms with E-state index in [1.165, 1.54) is 9.80 Å². The normalized spacial score (nSPS) is 21.3. The van der Waals surface area contributed by atoms with Crippen LogP contribution in [0.2, 0.25) is 0 Å². The summed E-state index contributed by atoms with van der Waals surface area (Å²) < 4.78 is 0. The number of carbonyl (C=O) groups excluding carboxylic acids is 4. The van der Waals surface area contributed by atoms with Crippen LogP contribution >= 0.6 is 0 Å². The molecule has 4 rings (SSSR count). The standard InChI is InChI=1S/C18H21N5O4/c24-15-12-22(18(27)23(15)14-4-2-1-3-5-14)13-6-9-20(10-7-13)17(26)21-11-8-19-16(21)25/h1-5,13H,6-12H2,(H,19,25). The van der Waals surface area contributed by atoms with Crippen LogP contribution in [-0.2, 0) is 4.79 Å². The van der Waals surface area contributed by atoms with Crippen molar-refractivity contribution in [2.45, 2.75) is 18.9 Å². The summed E-state index contributed by atoms with van der Waals surface area (Å²) in [6, 6.07) is 7.83. The molecule has 3 aliphatic rings. The third kappa shape index (κ3) is 3.09. The predicted molar refractivity (Wildman–Crippen MR) is 96.1 cm³/mol. The molecule has 142 valence electrons. The first kappa shape index (κ1) is 17.3. The van der Waals surface area contributed by atoms with Gasteiger partial charge >= 0.3 is 18.1 Å². The van der Waals surface area contributed by atoms with E-state index in [2.05, 4.69) is 5.32 Å². The molecule has 0 bridgehead atoms. The molecule has 0 radical (unpaired) electrons. The predicted octanol–water partition coefficient (Wildman–Crippen LogP) is 1.06. The SMILES string of the molecule is O=C1NCCN1C(=O)N1CCC(N2CC(=O)N(c3ccccc3)C2=O)CC1. The molecule has 9 heteroatoms. The molecule has 7 amide bonds.